The van der Waals surface area contributed by atoms with Crippen molar-refractivity contribution in [3.8, 4) is 0 Å². The Hall–Kier alpha value is -2.71. The molecule has 2 heteroatoms. The van der Waals surface area contributed by atoms with E-state index in [1.807, 2.05) is 13.1 Å². The Morgan fingerprint density at radius 2 is 1.83 bits per heavy atom. The van der Waals surface area contributed by atoms with Crippen LogP contribution in [0.2, 0.25) is 0 Å². The lowest BCUT2D eigenvalue weighted by Gasteiger charge is -2.36. The van der Waals surface area contributed by atoms with Crippen molar-refractivity contribution in [2.75, 3.05) is 13.1 Å². The number of allylic oxidation sites excluding steroid dienone is 13. The molecule has 2 atom stereocenters. The molecule has 0 aromatic carbocycles. The van der Waals surface area contributed by atoms with Crippen molar-refractivity contribution in [1.29, 1.82) is 0 Å². The van der Waals surface area contributed by atoms with Crippen molar-refractivity contribution in [2.45, 2.75) is 118 Å². The first-order valence-electron chi connectivity index (χ1n) is 16.6. The number of hydrogen-bond acceptors (Lipinski definition) is 2. The summed E-state index contributed by atoms with van der Waals surface area (Å²) in [5, 5.41) is 0. The van der Waals surface area contributed by atoms with Gasteiger partial charge in [0.2, 0.25) is 0 Å². The second-order valence-electron chi connectivity index (χ2n) is 11.6. The monoisotopic (exact) mass is 570 g/mol. The van der Waals surface area contributed by atoms with Crippen LogP contribution in [0.3, 0.4) is 0 Å². The van der Waals surface area contributed by atoms with Crippen LogP contribution in [-0.4, -0.2) is 30.2 Å². The standard InChI is InChI=1S/C40H62N2/c1-10-16-19-23-40(37(15-6)28-30-41-33(7)8)36(14-5)26-24-35(21-17-11-2)25-27-38-29-31-42(32-34(38)9)39(20-13-4)22-18-12-3/h12,14-17,19,21,23,25,30,36,39H,3,5,7,10-11,13,18,20,22,24,26-29,31-32H2,1-2,4,6,8-9H3/b19-16-,21-17+,35-25+,37-15-,40-23+,41-30?. The molecule has 0 bridgehead atoms. The molecule has 0 radical (unpaired) electrons. The van der Waals surface area contributed by atoms with E-state index >= 15 is 0 Å². The van der Waals surface area contributed by atoms with Gasteiger partial charge in [0.05, 0.1) is 0 Å². The lowest BCUT2D eigenvalue weighted by Crippen LogP contribution is -2.40. The molecular formula is C40H62N2. The van der Waals surface area contributed by atoms with Crippen molar-refractivity contribution in [3.05, 3.63) is 108 Å². The Morgan fingerprint density at radius 3 is 2.43 bits per heavy atom. The van der Waals surface area contributed by atoms with Crippen molar-refractivity contribution >= 4 is 6.21 Å². The Kier molecular flexibility index (Phi) is 20.3. The van der Waals surface area contributed by atoms with E-state index in [0.717, 1.165) is 57.2 Å². The average Bonchev–Trinajstić information content (AvgIpc) is 2.98. The van der Waals surface area contributed by atoms with E-state index in [0.29, 0.717) is 6.04 Å². The van der Waals surface area contributed by atoms with Gasteiger partial charge in [-0.2, -0.15) is 0 Å². The van der Waals surface area contributed by atoms with Crippen LogP contribution in [0.1, 0.15) is 112 Å². The van der Waals surface area contributed by atoms with Gasteiger partial charge in [-0.25, -0.2) is 0 Å². The van der Waals surface area contributed by atoms with Gasteiger partial charge < -0.3 is 0 Å². The second-order valence-corrected chi connectivity index (χ2v) is 11.6. The molecule has 0 aromatic heterocycles. The minimum absolute atomic E-state index is 0.282. The predicted molar refractivity (Wildman–Crippen MR) is 191 cm³/mol. The zero-order chi connectivity index (χ0) is 31.2. The molecule has 0 spiro atoms. The first kappa shape index (κ1) is 37.3. The van der Waals surface area contributed by atoms with Crippen LogP contribution in [-0.2, 0) is 0 Å². The topological polar surface area (TPSA) is 15.6 Å². The fourth-order valence-electron chi connectivity index (χ4n) is 5.71. The van der Waals surface area contributed by atoms with Crippen LogP contribution >= 0.6 is 0 Å². The molecule has 0 saturated carbocycles. The highest BCUT2D eigenvalue weighted by Gasteiger charge is 2.22. The molecule has 1 heterocycles. The quantitative estimate of drug-likeness (QED) is 0.0761. The van der Waals surface area contributed by atoms with Gasteiger partial charge in [0.15, 0.2) is 0 Å². The van der Waals surface area contributed by atoms with Crippen molar-refractivity contribution < 1.29 is 0 Å². The lowest BCUT2D eigenvalue weighted by molar-refractivity contribution is 0.184. The molecule has 2 unspecified atom stereocenters. The Morgan fingerprint density at radius 1 is 1.07 bits per heavy atom. The van der Waals surface area contributed by atoms with Crippen LogP contribution in [0.25, 0.3) is 0 Å². The fraction of sp³-hybridized carbons (Fsp3) is 0.525. The van der Waals surface area contributed by atoms with E-state index in [1.165, 1.54) is 48.9 Å². The van der Waals surface area contributed by atoms with Gasteiger partial charge in [0.25, 0.3) is 0 Å². The zero-order valence-corrected chi connectivity index (χ0v) is 28.1. The molecule has 1 aliphatic rings. The Bertz CT molecular complexity index is 1040. The van der Waals surface area contributed by atoms with E-state index in [9.17, 15) is 0 Å². The Labute approximate surface area is 260 Å². The maximum Gasteiger partial charge on any atom is 0.0297 e. The van der Waals surface area contributed by atoms with Gasteiger partial charge in [-0.05, 0) is 89.7 Å². The predicted octanol–water partition coefficient (Wildman–Crippen LogP) is 11.8. The van der Waals surface area contributed by atoms with E-state index < -0.39 is 0 Å². The summed E-state index contributed by atoms with van der Waals surface area (Å²) >= 11 is 0. The summed E-state index contributed by atoms with van der Waals surface area (Å²) in [5.74, 6) is 0.282. The molecule has 2 nitrogen and oxygen atoms in total. The summed E-state index contributed by atoms with van der Waals surface area (Å²) in [4.78, 5) is 7.16. The molecular weight excluding hydrogens is 508 g/mol. The third-order valence-electron chi connectivity index (χ3n) is 8.18. The molecule has 0 aliphatic carbocycles. The van der Waals surface area contributed by atoms with Crippen LogP contribution in [0, 0.1) is 5.92 Å². The van der Waals surface area contributed by atoms with Crippen molar-refractivity contribution in [2.24, 2.45) is 10.9 Å². The fourth-order valence-corrected chi connectivity index (χ4v) is 5.71. The molecule has 1 aliphatic heterocycles. The van der Waals surface area contributed by atoms with Crippen molar-refractivity contribution in [1.82, 2.24) is 4.90 Å². The number of rotatable bonds is 21. The first-order chi connectivity index (χ1) is 20.3. The normalized spacial score (nSPS) is 17.5. The lowest BCUT2D eigenvalue weighted by atomic mass is 9.85. The van der Waals surface area contributed by atoms with Gasteiger partial charge in [-0.15, -0.1) is 13.2 Å². The van der Waals surface area contributed by atoms with Gasteiger partial charge in [0.1, 0.15) is 0 Å². The molecule has 1 rings (SSSR count). The second kappa shape index (κ2) is 22.8. The van der Waals surface area contributed by atoms with Gasteiger partial charge >= 0.3 is 0 Å². The molecule has 0 N–H and O–H groups in total. The van der Waals surface area contributed by atoms with E-state index in [2.05, 4.69) is 119 Å². The van der Waals surface area contributed by atoms with E-state index in [-0.39, 0.29) is 5.92 Å². The highest BCUT2D eigenvalue weighted by molar-refractivity contribution is 5.65. The summed E-state index contributed by atoms with van der Waals surface area (Å²) in [5.41, 5.74) is 8.13. The minimum atomic E-state index is 0.282. The first-order valence-corrected chi connectivity index (χ1v) is 16.6. The third-order valence-corrected chi connectivity index (χ3v) is 8.18. The molecule has 42 heavy (non-hydrogen) atoms. The van der Waals surface area contributed by atoms with Gasteiger partial charge in [-0.3, -0.25) is 9.89 Å². The Balaban J connectivity index is 3.10. The highest BCUT2D eigenvalue weighted by Crippen LogP contribution is 2.30. The molecule has 0 saturated heterocycles. The molecule has 0 amide bonds. The van der Waals surface area contributed by atoms with E-state index in [4.69, 9.17) is 0 Å². The average molecular weight is 571 g/mol. The zero-order valence-electron chi connectivity index (χ0n) is 28.1. The number of aliphatic imine (C=N–C) groups is 1. The smallest absolute Gasteiger partial charge is 0.0297 e. The number of nitrogens with zero attached hydrogens (tertiary/aromatic N) is 2. The van der Waals surface area contributed by atoms with Crippen molar-refractivity contribution in [3.63, 3.8) is 0 Å². The maximum absolute atomic E-state index is 4.43. The molecule has 0 aromatic rings. The number of hydrogen-bond donors (Lipinski definition) is 0. The van der Waals surface area contributed by atoms with Crippen LogP contribution in [0.4, 0.5) is 0 Å². The highest BCUT2D eigenvalue weighted by atomic mass is 15.2. The minimum Gasteiger partial charge on any atom is -0.296 e. The van der Waals surface area contributed by atoms with Crippen LogP contribution in [0.5, 0.6) is 0 Å². The van der Waals surface area contributed by atoms with Crippen LogP contribution < -0.4 is 0 Å². The summed E-state index contributed by atoms with van der Waals surface area (Å²) in [6.45, 7) is 27.5. The maximum atomic E-state index is 4.43. The molecule has 0 fully saturated rings. The summed E-state index contributed by atoms with van der Waals surface area (Å²) < 4.78 is 0. The third kappa shape index (κ3) is 14.5. The van der Waals surface area contributed by atoms with Gasteiger partial charge in [0, 0.05) is 43.4 Å². The molecule has 232 valence electrons. The summed E-state index contributed by atoms with van der Waals surface area (Å²) in [6.07, 6.45) is 34.4. The summed E-state index contributed by atoms with van der Waals surface area (Å²) in [6, 6.07) is 0.683. The SMILES string of the molecule is C=CCCC(CCC)N1CCC(C/C=C(\C=C\CC)CCC(C=C)C(=C\C=C/CC)/C(=C\C)CC=NC(=C)C)=C(C)C1. The van der Waals surface area contributed by atoms with Gasteiger partial charge in [-0.1, -0.05) is 105 Å². The van der Waals surface area contributed by atoms with E-state index in [1.54, 1.807) is 11.1 Å². The van der Waals surface area contributed by atoms with Crippen LogP contribution in [0.15, 0.2) is 113 Å². The summed E-state index contributed by atoms with van der Waals surface area (Å²) in [7, 11) is 0. The largest absolute Gasteiger partial charge is 0.296 e.